The number of aliphatic hydroxyl groups excluding tert-OH is 1. The van der Waals surface area contributed by atoms with Gasteiger partial charge >= 0.3 is 0 Å². The molecule has 4 heteroatoms. The number of β-amino-alcohol motifs (C(OH)–C–C–N with tert-alkyl or cyclic N) is 1. The minimum Gasteiger partial charge on any atom is -0.391 e. The molecule has 0 aromatic carbocycles. The smallest absolute Gasteiger partial charge is 0.225 e. The zero-order valence-corrected chi connectivity index (χ0v) is 8.32. The normalized spacial score (nSPS) is 32.9. The minimum atomic E-state index is -0.442. The summed E-state index contributed by atoms with van der Waals surface area (Å²) in [6.07, 6.45) is 1.99. The third kappa shape index (κ3) is 2.25. The van der Waals surface area contributed by atoms with Crippen molar-refractivity contribution in [1.82, 2.24) is 4.90 Å². The number of carbonyl (C=O) groups is 1. The number of likely N-dealkylation sites (tertiary alicyclic amines) is 1. The van der Waals surface area contributed by atoms with Crippen LogP contribution in [0.3, 0.4) is 0 Å². The molecule has 2 aliphatic rings. The second kappa shape index (κ2) is 4.28. The van der Waals surface area contributed by atoms with E-state index in [2.05, 4.69) is 0 Å². The molecule has 2 rings (SSSR count). The third-order valence-electron chi connectivity index (χ3n) is 3.03. The van der Waals surface area contributed by atoms with E-state index < -0.39 is 6.10 Å². The summed E-state index contributed by atoms with van der Waals surface area (Å²) in [4.78, 5) is 13.1. The van der Waals surface area contributed by atoms with Crippen molar-refractivity contribution in [2.75, 3.05) is 26.3 Å². The number of nitrogens with zero attached hydrogens (tertiary/aromatic N) is 1. The Labute approximate surface area is 83.8 Å². The molecule has 2 saturated heterocycles. The molecule has 14 heavy (non-hydrogen) atoms. The number of hydrogen-bond acceptors (Lipinski definition) is 3. The van der Waals surface area contributed by atoms with Crippen LogP contribution in [0.2, 0.25) is 0 Å². The lowest BCUT2D eigenvalue weighted by Crippen LogP contribution is -2.28. The molecule has 1 amide bonds. The van der Waals surface area contributed by atoms with Gasteiger partial charge in [0.05, 0.1) is 12.5 Å². The lowest BCUT2D eigenvalue weighted by atomic mass is 10.1. The van der Waals surface area contributed by atoms with Gasteiger partial charge in [-0.25, -0.2) is 0 Å². The average molecular weight is 199 g/mol. The van der Waals surface area contributed by atoms with Gasteiger partial charge in [0.15, 0.2) is 0 Å². The summed E-state index contributed by atoms with van der Waals surface area (Å²) in [6.45, 7) is 3.00. The molecule has 4 nitrogen and oxygen atoms in total. The maximum Gasteiger partial charge on any atom is 0.225 e. The van der Waals surface area contributed by atoms with E-state index in [9.17, 15) is 9.90 Å². The number of carbonyl (C=O) groups excluding carboxylic acids is 1. The highest BCUT2D eigenvalue weighted by Gasteiger charge is 2.28. The summed E-state index contributed by atoms with van der Waals surface area (Å²) in [5, 5.41) is 9.27. The fourth-order valence-corrected chi connectivity index (χ4v) is 2.12. The molecule has 0 aliphatic carbocycles. The zero-order chi connectivity index (χ0) is 9.97. The molecular formula is C10H17NO3. The van der Waals surface area contributed by atoms with Gasteiger partial charge in [0.1, 0.15) is 0 Å². The molecule has 2 atom stereocenters. The van der Waals surface area contributed by atoms with Crippen LogP contribution in [0.4, 0.5) is 0 Å². The van der Waals surface area contributed by atoms with Crippen molar-refractivity contribution in [1.29, 1.82) is 0 Å². The van der Waals surface area contributed by atoms with Crippen molar-refractivity contribution in [2.45, 2.75) is 25.4 Å². The van der Waals surface area contributed by atoms with Crippen molar-refractivity contribution in [3.05, 3.63) is 0 Å². The first-order chi connectivity index (χ1) is 6.75. The second-order valence-electron chi connectivity index (χ2n) is 4.22. The van der Waals surface area contributed by atoms with E-state index in [1.165, 1.54) is 0 Å². The Bertz CT molecular complexity index is 213. The second-order valence-corrected chi connectivity index (χ2v) is 4.22. The highest BCUT2D eigenvalue weighted by molar-refractivity contribution is 5.78. The fraction of sp³-hybridized carbons (Fsp3) is 0.900. The van der Waals surface area contributed by atoms with Crippen LogP contribution < -0.4 is 0 Å². The van der Waals surface area contributed by atoms with Gasteiger partial charge in [0.25, 0.3) is 0 Å². The molecule has 0 aromatic heterocycles. The van der Waals surface area contributed by atoms with Crippen molar-refractivity contribution in [3.8, 4) is 0 Å². The van der Waals surface area contributed by atoms with Crippen molar-refractivity contribution < 1.29 is 14.6 Å². The number of amides is 1. The molecule has 2 aliphatic heterocycles. The molecule has 0 spiro atoms. The van der Waals surface area contributed by atoms with E-state index in [1.54, 1.807) is 4.90 Å². The Hall–Kier alpha value is -0.610. The number of ether oxygens (including phenoxy) is 1. The molecule has 0 bridgehead atoms. The summed E-state index contributed by atoms with van der Waals surface area (Å²) in [5.74, 6) is 0.706. The largest absolute Gasteiger partial charge is 0.391 e. The predicted molar refractivity (Wildman–Crippen MR) is 50.7 cm³/mol. The van der Waals surface area contributed by atoms with Crippen LogP contribution in [-0.2, 0) is 9.53 Å². The van der Waals surface area contributed by atoms with Crippen LogP contribution in [0.15, 0.2) is 0 Å². The first-order valence-electron chi connectivity index (χ1n) is 5.29. The van der Waals surface area contributed by atoms with E-state index in [1.807, 2.05) is 0 Å². The molecule has 0 saturated carbocycles. The van der Waals surface area contributed by atoms with Gasteiger partial charge in [-0.3, -0.25) is 4.79 Å². The summed E-state index contributed by atoms with van der Waals surface area (Å²) >= 11 is 0. The van der Waals surface area contributed by atoms with Gasteiger partial charge < -0.3 is 14.7 Å². The molecular weight excluding hydrogens is 182 g/mol. The molecule has 0 radical (unpaired) electrons. The summed E-state index contributed by atoms with van der Waals surface area (Å²) in [5.41, 5.74) is 0. The zero-order valence-electron chi connectivity index (χ0n) is 8.32. The highest BCUT2D eigenvalue weighted by Crippen LogP contribution is 2.18. The van der Waals surface area contributed by atoms with Crippen molar-refractivity contribution in [2.24, 2.45) is 5.92 Å². The highest BCUT2D eigenvalue weighted by atomic mass is 16.5. The van der Waals surface area contributed by atoms with Gasteiger partial charge in [-0.2, -0.15) is 0 Å². The Balaban J connectivity index is 1.72. The average Bonchev–Trinajstić information content (AvgIpc) is 2.72. The minimum absolute atomic E-state index is 0.0939. The number of aliphatic hydroxyl groups is 1. The lowest BCUT2D eigenvalue weighted by Gasteiger charge is -2.17. The monoisotopic (exact) mass is 199 g/mol. The third-order valence-corrected chi connectivity index (χ3v) is 3.03. The summed E-state index contributed by atoms with van der Waals surface area (Å²) in [7, 11) is 0. The quantitative estimate of drug-likeness (QED) is 0.696. The topological polar surface area (TPSA) is 49.8 Å². The maximum atomic E-state index is 11.3. The van der Waals surface area contributed by atoms with Crippen LogP contribution in [0, 0.1) is 5.92 Å². The van der Waals surface area contributed by atoms with Crippen molar-refractivity contribution in [3.63, 3.8) is 0 Å². The standard InChI is InChI=1S/C10H17NO3/c12-9-5-10(13)11(6-9)3-1-8-2-4-14-7-8/h8-9,12H,1-7H2. The van der Waals surface area contributed by atoms with Gasteiger partial charge in [-0.05, 0) is 18.8 Å². The van der Waals surface area contributed by atoms with Crippen molar-refractivity contribution >= 4 is 5.91 Å². The Morgan fingerprint density at radius 2 is 2.43 bits per heavy atom. The van der Waals surface area contributed by atoms with Crippen LogP contribution in [0.1, 0.15) is 19.3 Å². The molecule has 2 unspecified atom stereocenters. The lowest BCUT2D eigenvalue weighted by molar-refractivity contribution is -0.127. The van der Waals surface area contributed by atoms with Crippen LogP contribution in [-0.4, -0.2) is 48.3 Å². The summed E-state index contributed by atoms with van der Waals surface area (Å²) < 4.78 is 5.27. The fourth-order valence-electron chi connectivity index (χ4n) is 2.12. The van der Waals surface area contributed by atoms with Crippen LogP contribution >= 0.6 is 0 Å². The SMILES string of the molecule is O=C1CC(O)CN1CCC1CCOC1. The van der Waals surface area contributed by atoms with Gasteiger partial charge in [0.2, 0.25) is 5.91 Å². The molecule has 0 aromatic rings. The first kappa shape index (κ1) is 9.93. The molecule has 80 valence electrons. The Morgan fingerprint density at radius 3 is 3.00 bits per heavy atom. The van der Waals surface area contributed by atoms with E-state index in [4.69, 9.17) is 4.74 Å². The maximum absolute atomic E-state index is 11.3. The van der Waals surface area contributed by atoms with Gasteiger partial charge in [0, 0.05) is 26.3 Å². The van der Waals surface area contributed by atoms with E-state index in [0.717, 1.165) is 32.6 Å². The molecule has 2 heterocycles. The van der Waals surface area contributed by atoms with E-state index in [-0.39, 0.29) is 5.91 Å². The van der Waals surface area contributed by atoms with Gasteiger partial charge in [-0.15, -0.1) is 0 Å². The Kier molecular flexibility index (Phi) is 3.03. The Morgan fingerprint density at radius 1 is 1.57 bits per heavy atom. The first-order valence-corrected chi connectivity index (χ1v) is 5.29. The van der Waals surface area contributed by atoms with E-state index in [0.29, 0.717) is 18.9 Å². The van der Waals surface area contributed by atoms with Crippen LogP contribution in [0.25, 0.3) is 0 Å². The van der Waals surface area contributed by atoms with E-state index >= 15 is 0 Å². The summed E-state index contributed by atoms with van der Waals surface area (Å²) in [6, 6.07) is 0. The van der Waals surface area contributed by atoms with Gasteiger partial charge in [-0.1, -0.05) is 0 Å². The molecule has 2 fully saturated rings. The predicted octanol–water partition coefficient (Wildman–Crippen LogP) is 0.00620. The van der Waals surface area contributed by atoms with Crippen LogP contribution in [0.5, 0.6) is 0 Å². The molecule has 1 N–H and O–H groups in total. The number of hydrogen-bond donors (Lipinski definition) is 1. The number of rotatable bonds is 3.